The fraction of sp³-hybridized carbons (Fsp3) is 1.00. The van der Waals surface area contributed by atoms with Gasteiger partial charge in [-0.15, -0.1) is 0 Å². The predicted octanol–water partition coefficient (Wildman–Crippen LogP) is 2.36. The van der Waals surface area contributed by atoms with Crippen molar-refractivity contribution >= 4 is 12.6 Å². The Morgan fingerprint density at radius 2 is 1.62 bits per heavy atom. The summed E-state index contributed by atoms with van der Waals surface area (Å²) in [6.45, 7) is 3.55. The van der Waals surface area contributed by atoms with Crippen LogP contribution in [-0.4, -0.2) is 56.3 Å². The highest BCUT2D eigenvalue weighted by molar-refractivity contribution is 7.80. The maximum absolute atomic E-state index is 4.60. The fourth-order valence-electron chi connectivity index (χ4n) is 2.69. The minimum Gasteiger partial charge on any atom is -0.308 e. The van der Waals surface area contributed by atoms with Crippen molar-refractivity contribution in [3.05, 3.63) is 0 Å². The first-order valence-corrected chi connectivity index (χ1v) is 7.15. The van der Waals surface area contributed by atoms with E-state index >= 15 is 0 Å². The van der Waals surface area contributed by atoms with Gasteiger partial charge in [0.1, 0.15) is 0 Å². The molecule has 0 atom stereocenters. The summed E-state index contributed by atoms with van der Waals surface area (Å²) in [4.78, 5) is 4.74. The van der Waals surface area contributed by atoms with Crippen molar-refractivity contribution in [3.63, 3.8) is 0 Å². The first kappa shape index (κ1) is 14.3. The normalized spacial score (nSPS) is 20.6. The van der Waals surface area contributed by atoms with E-state index in [2.05, 4.69) is 43.6 Å². The molecule has 1 aliphatic carbocycles. The SMILES string of the molecule is CN(C)CCN(C)CC1(CS)CCCCC1. The minimum atomic E-state index is 0.502. The molecule has 1 saturated carbocycles. The van der Waals surface area contributed by atoms with Gasteiger partial charge < -0.3 is 9.80 Å². The summed E-state index contributed by atoms with van der Waals surface area (Å²) in [5.74, 6) is 1.05. The number of nitrogens with zero attached hydrogens (tertiary/aromatic N) is 2. The largest absolute Gasteiger partial charge is 0.308 e. The van der Waals surface area contributed by atoms with Gasteiger partial charge in [-0.25, -0.2) is 0 Å². The van der Waals surface area contributed by atoms with Gasteiger partial charge in [0.2, 0.25) is 0 Å². The van der Waals surface area contributed by atoms with E-state index in [4.69, 9.17) is 0 Å². The van der Waals surface area contributed by atoms with E-state index in [0.717, 1.165) is 12.3 Å². The van der Waals surface area contributed by atoms with Crippen molar-refractivity contribution in [2.75, 3.05) is 46.5 Å². The Kier molecular flexibility index (Phi) is 6.16. The summed E-state index contributed by atoms with van der Waals surface area (Å²) in [5, 5.41) is 0. The van der Waals surface area contributed by atoms with Gasteiger partial charge in [-0.1, -0.05) is 19.3 Å². The molecule has 1 rings (SSSR count). The molecule has 16 heavy (non-hydrogen) atoms. The predicted molar refractivity (Wildman–Crippen MR) is 75.4 cm³/mol. The van der Waals surface area contributed by atoms with Gasteiger partial charge >= 0.3 is 0 Å². The summed E-state index contributed by atoms with van der Waals surface area (Å²) >= 11 is 4.60. The number of hydrogen-bond donors (Lipinski definition) is 1. The van der Waals surface area contributed by atoms with Crippen molar-refractivity contribution in [1.29, 1.82) is 0 Å². The van der Waals surface area contributed by atoms with Crippen LogP contribution in [0.3, 0.4) is 0 Å². The van der Waals surface area contributed by atoms with Crippen LogP contribution in [-0.2, 0) is 0 Å². The monoisotopic (exact) mass is 244 g/mol. The van der Waals surface area contributed by atoms with Gasteiger partial charge in [-0.3, -0.25) is 0 Å². The third-order valence-corrected chi connectivity index (χ3v) is 4.45. The number of rotatable bonds is 6. The van der Waals surface area contributed by atoms with Crippen molar-refractivity contribution in [1.82, 2.24) is 9.80 Å². The highest BCUT2D eigenvalue weighted by atomic mass is 32.1. The van der Waals surface area contributed by atoms with E-state index in [1.165, 1.54) is 45.2 Å². The first-order valence-electron chi connectivity index (χ1n) is 6.52. The topological polar surface area (TPSA) is 6.48 Å². The van der Waals surface area contributed by atoms with Gasteiger partial charge in [0.05, 0.1) is 0 Å². The standard InChI is InChI=1S/C13H28N2S/c1-14(2)9-10-15(3)11-13(12-16)7-5-4-6-8-13/h16H,4-12H2,1-3H3. The minimum absolute atomic E-state index is 0.502. The Labute approximate surface area is 107 Å². The molecule has 0 amide bonds. The van der Waals surface area contributed by atoms with Crippen molar-refractivity contribution in [3.8, 4) is 0 Å². The Morgan fingerprint density at radius 1 is 1.00 bits per heavy atom. The van der Waals surface area contributed by atoms with Crippen LogP contribution < -0.4 is 0 Å². The van der Waals surface area contributed by atoms with E-state index in [1.54, 1.807) is 0 Å². The average Bonchev–Trinajstić information content (AvgIpc) is 2.28. The summed E-state index contributed by atoms with van der Waals surface area (Å²) in [6, 6.07) is 0. The van der Waals surface area contributed by atoms with Gasteiger partial charge in [0, 0.05) is 19.6 Å². The van der Waals surface area contributed by atoms with Crippen LogP contribution in [0, 0.1) is 5.41 Å². The highest BCUT2D eigenvalue weighted by Crippen LogP contribution is 2.37. The number of thiol groups is 1. The molecule has 1 aliphatic rings. The van der Waals surface area contributed by atoms with Crippen LogP contribution in [0.1, 0.15) is 32.1 Å². The van der Waals surface area contributed by atoms with Gasteiger partial charge in [0.15, 0.2) is 0 Å². The van der Waals surface area contributed by atoms with Crippen LogP contribution in [0.15, 0.2) is 0 Å². The lowest BCUT2D eigenvalue weighted by Crippen LogP contribution is -2.41. The molecule has 2 nitrogen and oxygen atoms in total. The second kappa shape index (κ2) is 6.87. The lowest BCUT2D eigenvalue weighted by molar-refractivity contribution is 0.138. The molecule has 0 spiro atoms. The number of hydrogen-bond acceptors (Lipinski definition) is 3. The van der Waals surface area contributed by atoms with Gasteiger partial charge in [-0.05, 0) is 45.2 Å². The Balaban J connectivity index is 2.36. The second-order valence-corrected chi connectivity index (χ2v) is 6.08. The summed E-state index contributed by atoms with van der Waals surface area (Å²) in [5.41, 5.74) is 0.502. The zero-order valence-corrected chi connectivity index (χ0v) is 12.1. The molecule has 0 bridgehead atoms. The maximum Gasteiger partial charge on any atom is 0.0106 e. The second-order valence-electron chi connectivity index (χ2n) is 5.76. The number of likely N-dealkylation sites (N-methyl/N-ethyl adjacent to an activating group) is 2. The molecule has 0 aromatic carbocycles. The van der Waals surface area contributed by atoms with E-state index in [-0.39, 0.29) is 0 Å². The van der Waals surface area contributed by atoms with Gasteiger partial charge in [0.25, 0.3) is 0 Å². The molecule has 0 N–H and O–H groups in total. The van der Waals surface area contributed by atoms with Crippen molar-refractivity contribution in [2.24, 2.45) is 5.41 Å². The molecule has 3 heteroatoms. The first-order chi connectivity index (χ1) is 7.58. The quantitative estimate of drug-likeness (QED) is 0.717. The third-order valence-electron chi connectivity index (χ3n) is 3.78. The highest BCUT2D eigenvalue weighted by Gasteiger charge is 2.31. The lowest BCUT2D eigenvalue weighted by Gasteiger charge is -2.39. The maximum atomic E-state index is 4.60. The molecular formula is C13H28N2S. The Hall–Kier alpha value is 0.270. The van der Waals surface area contributed by atoms with E-state index in [1.807, 2.05) is 0 Å². The zero-order valence-electron chi connectivity index (χ0n) is 11.2. The van der Waals surface area contributed by atoms with E-state index < -0.39 is 0 Å². The molecule has 0 radical (unpaired) electrons. The van der Waals surface area contributed by atoms with Crippen molar-refractivity contribution in [2.45, 2.75) is 32.1 Å². The lowest BCUT2D eigenvalue weighted by atomic mass is 9.75. The molecular weight excluding hydrogens is 216 g/mol. The fourth-order valence-corrected chi connectivity index (χ4v) is 3.11. The molecule has 0 aromatic rings. The summed E-state index contributed by atoms with van der Waals surface area (Å²) < 4.78 is 0. The van der Waals surface area contributed by atoms with E-state index in [9.17, 15) is 0 Å². The van der Waals surface area contributed by atoms with Crippen LogP contribution >= 0.6 is 12.6 Å². The van der Waals surface area contributed by atoms with Crippen LogP contribution in [0.4, 0.5) is 0 Å². The summed E-state index contributed by atoms with van der Waals surface area (Å²) in [7, 11) is 6.54. The van der Waals surface area contributed by atoms with Gasteiger partial charge in [-0.2, -0.15) is 12.6 Å². The molecule has 1 fully saturated rings. The molecule has 0 aliphatic heterocycles. The Morgan fingerprint density at radius 3 is 2.12 bits per heavy atom. The molecule has 96 valence electrons. The average molecular weight is 244 g/mol. The van der Waals surface area contributed by atoms with E-state index in [0.29, 0.717) is 5.41 Å². The van der Waals surface area contributed by atoms with Crippen LogP contribution in [0.25, 0.3) is 0 Å². The zero-order chi connectivity index (χ0) is 12.0. The Bertz CT molecular complexity index is 188. The molecule has 0 unspecified atom stereocenters. The molecule has 0 aromatic heterocycles. The van der Waals surface area contributed by atoms with Crippen LogP contribution in [0.5, 0.6) is 0 Å². The molecule has 0 saturated heterocycles. The van der Waals surface area contributed by atoms with Crippen LogP contribution in [0.2, 0.25) is 0 Å². The van der Waals surface area contributed by atoms with Crippen molar-refractivity contribution < 1.29 is 0 Å². The summed E-state index contributed by atoms with van der Waals surface area (Å²) in [6.07, 6.45) is 6.99. The molecule has 0 heterocycles. The smallest absolute Gasteiger partial charge is 0.0106 e. The third kappa shape index (κ3) is 4.64.